The van der Waals surface area contributed by atoms with Crippen LogP contribution in [0.1, 0.15) is 54.7 Å². The van der Waals surface area contributed by atoms with Gasteiger partial charge in [0.2, 0.25) is 5.91 Å². The Balaban J connectivity index is 1.49. The monoisotopic (exact) mass is 382 g/mol. The van der Waals surface area contributed by atoms with Gasteiger partial charge < -0.3 is 10.1 Å². The molecule has 0 fully saturated rings. The van der Waals surface area contributed by atoms with Crippen molar-refractivity contribution in [2.75, 3.05) is 11.9 Å². The van der Waals surface area contributed by atoms with E-state index in [2.05, 4.69) is 37.4 Å². The molecule has 1 atom stereocenters. The summed E-state index contributed by atoms with van der Waals surface area (Å²) in [6.07, 6.45) is 5.10. The van der Waals surface area contributed by atoms with Gasteiger partial charge in [0.15, 0.2) is 0 Å². The summed E-state index contributed by atoms with van der Waals surface area (Å²) in [6, 6.07) is 10.3. The standard InChI is InChI=1S/C22H26N2O2S/c1-3-16-7-9-17(10-8-16)26-12-4-5-21(25)24-22-19(14-23)18-11-6-15(2)13-20(18)27-22/h7-10,15H,3-6,11-13H2,1-2H3,(H,24,25). The number of nitrogens with one attached hydrogen (secondary N) is 1. The molecule has 5 heteroatoms. The van der Waals surface area contributed by atoms with Gasteiger partial charge in [0, 0.05) is 11.3 Å². The van der Waals surface area contributed by atoms with Crippen LogP contribution in [0.5, 0.6) is 5.75 Å². The molecule has 1 aromatic heterocycles. The number of aryl methyl sites for hydroxylation is 1. The van der Waals surface area contributed by atoms with E-state index in [0.717, 1.165) is 42.0 Å². The third kappa shape index (κ3) is 4.90. The van der Waals surface area contributed by atoms with E-state index >= 15 is 0 Å². The maximum absolute atomic E-state index is 12.3. The van der Waals surface area contributed by atoms with Gasteiger partial charge >= 0.3 is 0 Å². The zero-order chi connectivity index (χ0) is 19.2. The van der Waals surface area contributed by atoms with Crippen LogP contribution in [0.2, 0.25) is 0 Å². The number of fused-ring (bicyclic) bond motifs is 1. The van der Waals surface area contributed by atoms with Crippen molar-refractivity contribution in [2.45, 2.75) is 52.4 Å². The molecule has 1 aliphatic carbocycles. The molecule has 0 saturated heterocycles. The summed E-state index contributed by atoms with van der Waals surface area (Å²) in [6.45, 7) is 4.86. The SMILES string of the molecule is CCc1ccc(OCCCC(=O)Nc2sc3c(c2C#N)CCC(C)C3)cc1. The first kappa shape index (κ1) is 19.4. The Morgan fingerprint density at radius 1 is 1.37 bits per heavy atom. The summed E-state index contributed by atoms with van der Waals surface area (Å²) >= 11 is 1.57. The molecule has 1 amide bonds. The zero-order valence-corrected chi connectivity index (χ0v) is 16.8. The summed E-state index contributed by atoms with van der Waals surface area (Å²) in [5.74, 6) is 1.43. The first-order valence-corrected chi connectivity index (χ1v) is 10.5. The van der Waals surface area contributed by atoms with Crippen molar-refractivity contribution in [3.63, 3.8) is 0 Å². The predicted molar refractivity (Wildman–Crippen MR) is 109 cm³/mol. The third-order valence-corrected chi connectivity index (χ3v) is 6.19. The molecule has 1 heterocycles. The van der Waals surface area contributed by atoms with Crippen molar-refractivity contribution < 1.29 is 9.53 Å². The van der Waals surface area contributed by atoms with Crippen LogP contribution in [-0.2, 0) is 24.1 Å². The number of hydrogen-bond acceptors (Lipinski definition) is 4. The topological polar surface area (TPSA) is 62.1 Å². The van der Waals surface area contributed by atoms with Crippen molar-refractivity contribution >= 4 is 22.2 Å². The first-order valence-electron chi connectivity index (χ1n) is 9.67. The van der Waals surface area contributed by atoms with E-state index in [-0.39, 0.29) is 5.91 Å². The second-order valence-corrected chi connectivity index (χ2v) is 8.27. The molecule has 1 aliphatic rings. The number of anilines is 1. The highest BCUT2D eigenvalue weighted by atomic mass is 32.1. The van der Waals surface area contributed by atoms with Gasteiger partial charge in [-0.15, -0.1) is 11.3 Å². The molecule has 0 aliphatic heterocycles. The maximum atomic E-state index is 12.3. The Morgan fingerprint density at radius 2 is 2.15 bits per heavy atom. The van der Waals surface area contributed by atoms with E-state index in [4.69, 9.17) is 4.74 Å². The van der Waals surface area contributed by atoms with Crippen LogP contribution in [0.25, 0.3) is 0 Å². The van der Waals surface area contributed by atoms with Gasteiger partial charge in [0.1, 0.15) is 16.8 Å². The quantitative estimate of drug-likeness (QED) is 0.677. The number of benzene rings is 1. The normalized spacial score (nSPS) is 15.7. The van der Waals surface area contributed by atoms with Crippen LogP contribution in [0.15, 0.2) is 24.3 Å². The highest BCUT2D eigenvalue weighted by Crippen LogP contribution is 2.39. The van der Waals surface area contributed by atoms with E-state index in [1.165, 1.54) is 10.4 Å². The van der Waals surface area contributed by atoms with Crippen molar-refractivity contribution in [1.29, 1.82) is 5.26 Å². The molecular formula is C22H26N2O2S. The van der Waals surface area contributed by atoms with Crippen LogP contribution in [0.3, 0.4) is 0 Å². The number of carbonyl (C=O) groups excluding carboxylic acids is 1. The minimum absolute atomic E-state index is 0.0527. The molecule has 3 rings (SSSR count). The highest BCUT2D eigenvalue weighted by molar-refractivity contribution is 7.16. The molecule has 0 spiro atoms. The fraction of sp³-hybridized carbons (Fsp3) is 0.455. The molecule has 142 valence electrons. The van der Waals surface area contributed by atoms with Gasteiger partial charge in [-0.1, -0.05) is 26.0 Å². The smallest absolute Gasteiger partial charge is 0.225 e. The molecule has 2 aromatic rings. The van der Waals surface area contributed by atoms with E-state index in [1.54, 1.807) is 11.3 Å². The van der Waals surface area contributed by atoms with Gasteiger partial charge in [-0.05, 0) is 61.3 Å². The number of amides is 1. The number of rotatable bonds is 7. The van der Waals surface area contributed by atoms with Crippen molar-refractivity contribution in [1.82, 2.24) is 0 Å². The highest BCUT2D eigenvalue weighted by Gasteiger charge is 2.24. The maximum Gasteiger partial charge on any atom is 0.225 e. The molecule has 27 heavy (non-hydrogen) atoms. The lowest BCUT2D eigenvalue weighted by molar-refractivity contribution is -0.116. The predicted octanol–water partition coefficient (Wildman–Crippen LogP) is 5.10. The first-order chi connectivity index (χ1) is 13.1. The average Bonchev–Trinajstić information content (AvgIpc) is 3.01. The van der Waals surface area contributed by atoms with Crippen LogP contribution in [0, 0.1) is 17.2 Å². The van der Waals surface area contributed by atoms with Gasteiger partial charge in [0.25, 0.3) is 0 Å². The molecule has 1 unspecified atom stereocenters. The Kier molecular flexibility index (Phi) is 6.52. The van der Waals surface area contributed by atoms with Crippen LogP contribution in [-0.4, -0.2) is 12.5 Å². The van der Waals surface area contributed by atoms with Crippen LogP contribution in [0.4, 0.5) is 5.00 Å². The number of carbonyl (C=O) groups is 1. The second-order valence-electron chi connectivity index (χ2n) is 7.17. The Hall–Kier alpha value is -2.32. The lowest BCUT2D eigenvalue weighted by atomic mass is 9.89. The molecule has 0 bridgehead atoms. The lowest BCUT2D eigenvalue weighted by Crippen LogP contribution is -2.13. The number of nitrogens with zero attached hydrogens (tertiary/aromatic N) is 1. The van der Waals surface area contributed by atoms with Crippen LogP contribution < -0.4 is 10.1 Å². The Labute approximate surface area is 165 Å². The van der Waals surface area contributed by atoms with E-state index in [0.29, 0.717) is 30.9 Å². The van der Waals surface area contributed by atoms with Crippen LogP contribution >= 0.6 is 11.3 Å². The van der Waals surface area contributed by atoms with Crippen molar-refractivity contribution in [2.24, 2.45) is 5.92 Å². The minimum Gasteiger partial charge on any atom is -0.494 e. The number of thiophene rings is 1. The Bertz CT molecular complexity index is 833. The lowest BCUT2D eigenvalue weighted by Gasteiger charge is -2.17. The summed E-state index contributed by atoms with van der Waals surface area (Å²) in [5.41, 5.74) is 3.10. The van der Waals surface area contributed by atoms with Gasteiger partial charge in [-0.3, -0.25) is 4.79 Å². The molecule has 1 aromatic carbocycles. The van der Waals surface area contributed by atoms with Crippen molar-refractivity contribution in [3.05, 3.63) is 45.8 Å². The average molecular weight is 383 g/mol. The molecule has 0 radical (unpaired) electrons. The zero-order valence-electron chi connectivity index (χ0n) is 16.0. The molecule has 1 N–H and O–H groups in total. The number of nitriles is 1. The largest absolute Gasteiger partial charge is 0.494 e. The molecular weight excluding hydrogens is 356 g/mol. The second kappa shape index (κ2) is 9.05. The number of hydrogen-bond donors (Lipinski definition) is 1. The fourth-order valence-electron chi connectivity index (χ4n) is 3.39. The Morgan fingerprint density at radius 3 is 2.85 bits per heavy atom. The number of ether oxygens (including phenoxy) is 1. The summed E-state index contributed by atoms with van der Waals surface area (Å²) in [5, 5.41) is 13.2. The van der Waals surface area contributed by atoms with E-state index in [1.807, 2.05) is 12.1 Å². The van der Waals surface area contributed by atoms with Crippen molar-refractivity contribution in [3.8, 4) is 11.8 Å². The van der Waals surface area contributed by atoms with Gasteiger partial charge in [0.05, 0.1) is 12.2 Å². The summed E-state index contributed by atoms with van der Waals surface area (Å²) < 4.78 is 5.70. The third-order valence-electron chi connectivity index (χ3n) is 5.02. The van der Waals surface area contributed by atoms with E-state index in [9.17, 15) is 10.1 Å². The summed E-state index contributed by atoms with van der Waals surface area (Å²) in [7, 11) is 0. The minimum atomic E-state index is -0.0527. The van der Waals surface area contributed by atoms with Gasteiger partial charge in [-0.2, -0.15) is 5.26 Å². The fourth-order valence-corrected chi connectivity index (χ4v) is 4.77. The van der Waals surface area contributed by atoms with E-state index < -0.39 is 0 Å². The van der Waals surface area contributed by atoms with Gasteiger partial charge in [-0.25, -0.2) is 0 Å². The summed E-state index contributed by atoms with van der Waals surface area (Å²) in [4.78, 5) is 13.5. The molecule has 4 nitrogen and oxygen atoms in total. The molecule has 0 saturated carbocycles.